The number of hydrogen-bond acceptors (Lipinski definition) is 5. The van der Waals surface area contributed by atoms with E-state index in [-0.39, 0.29) is 18.4 Å². The molecule has 1 fully saturated rings. The van der Waals surface area contributed by atoms with Gasteiger partial charge in [-0.05, 0) is 48.9 Å². The van der Waals surface area contributed by atoms with Crippen molar-refractivity contribution in [3.8, 4) is 5.75 Å². The molecule has 0 aliphatic heterocycles. The Morgan fingerprint density at radius 2 is 2.10 bits per heavy atom. The fraction of sp³-hybridized carbons (Fsp3) is 0.533. The Bertz CT molecular complexity index is 500. The Morgan fingerprint density at radius 1 is 1.40 bits per heavy atom. The Labute approximate surface area is 119 Å². The molecule has 1 aromatic carbocycles. The van der Waals surface area contributed by atoms with E-state index in [9.17, 15) is 4.79 Å². The topological polar surface area (TPSA) is 87.6 Å². The van der Waals surface area contributed by atoms with Crippen LogP contribution in [0.4, 0.5) is 5.69 Å². The maximum Gasteiger partial charge on any atom is 0.313 e. The van der Waals surface area contributed by atoms with E-state index in [2.05, 4.69) is 0 Å². The van der Waals surface area contributed by atoms with E-state index < -0.39 is 5.41 Å². The molecule has 0 saturated heterocycles. The molecular formula is C15H22N2O3. The van der Waals surface area contributed by atoms with Crippen molar-refractivity contribution in [1.82, 2.24) is 0 Å². The van der Waals surface area contributed by atoms with Gasteiger partial charge in [-0.3, -0.25) is 4.79 Å². The summed E-state index contributed by atoms with van der Waals surface area (Å²) in [4.78, 5) is 12.3. The molecule has 1 aromatic rings. The van der Waals surface area contributed by atoms with Gasteiger partial charge in [0.2, 0.25) is 0 Å². The number of rotatable bonds is 6. The molecule has 1 saturated carbocycles. The van der Waals surface area contributed by atoms with Crippen LogP contribution in [0.1, 0.15) is 18.4 Å². The zero-order valence-corrected chi connectivity index (χ0v) is 12.0. The summed E-state index contributed by atoms with van der Waals surface area (Å²) in [7, 11) is 3.01. The second-order valence-corrected chi connectivity index (χ2v) is 5.37. The first kappa shape index (κ1) is 14.7. The normalized spacial score (nSPS) is 17.4. The zero-order valence-electron chi connectivity index (χ0n) is 12.0. The van der Waals surface area contributed by atoms with E-state index >= 15 is 0 Å². The lowest BCUT2D eigenvalue weighted by Gasteiger charge is -2.30. The molecule has 1 aliphatic rings. The smallest absolute Gasteiger partial charge is 0.313 e. The highest BCUT2D eigenvalue weighted by Gasteiger charge is 2.51. The second-order valence-electron chi connectivity index (χ2n) is 5.37. The van der Waals surface area contributed by atoms with Gasteiger partial charge in [-0.15, -0.1) is 0 Å². The highest BCUT2D eigenvalue weighted by atomic mass is 16.5. The van der Waals surface area contributed by atoms with Gasteiger partial charge in [-0.1, -0.05) is 0 Å². The lowest BCUT2D eigenvalue weighted by atomic mass is 9.76. The monoisotopic (exact) mass is 278 g/mol. The lowest BCUT2D eigenvalue weighted by molar-refractivity contribution is -0.153. The summed E-state index contributed by atoms with van der Waals surface area (Å²) >= 11 is 0. The summed E-state index contributed by atoms with van der Waals surface area (Å²) in [6.07, 6.45) is 2.52. The van der Waals surface area contributed by atoms with Crippen LogP contribution in [0.5, 0.6) is 5.75 Å². The molecular weight excluding hydrogens is 256 g/mol. The maximum absolute atomic E-state index is 12.3. The van der Waals surface area contributed by atoms with Crippen molar-refractivity contribution in [3.63, 3.8) is 0 Å². The highest BCUT2D eigenvalue weighted by Crippen LogP contribution is 2.48. The number of nitrogen functional groups attached to an aromatic ring is 1. The Balaban J connectivity index is 2.37. The molecule has 0 bridgehead atoms. The predicted octanol–water partition coefficient (Wildman–Crippen LogP) is 1.35. The number of carbonyl (C=O) groups excluding carboxylic acids is 1. The molecule has 1 atom stereocenters. The molecule has 5 heteroatoms. The second kappa shape index (κ2) is 5.71. The molecule has 5 nitrogen and oxygen atoms in total. The summed E-state index contributed by atoms with van der Waals surface area (Å²) in [5.41, 5.74) is 12.6. The molecule has 0 radical (unpaired) electrons. The third kappa shape index (κ3) is 2.58. The lowest BCUT2D eigenvalue weighted by Crippen LogP contribution is -2.43. The van der Waals surface area contributed by atoms with Crippen LogP contribution in [-0.2, 0) is 16.0 Å². The minimum absolute atomic E-state index is 0.244. The Hall–Kier alpha value is -1.75. The number of ether oxygens (including phenoxy) is 2. The van der Waals surface area contributed by atoms with Gasteiger partial charge in [-0.2, -0.15) is 0 Å². The number of hydrogen-bond donors (Lipinski definition) is 2. The molecule has 2 rings (SSSR count). The first-order valence-electron chi connectivity index (χ1n) is 6.78. The SMILES string of the molecule is COC(=O)C(CN)(Cc1cc(N)ccc1OC)C1CC1. The van der Waals surface area contributed by atoms with Crippen LogP contribution in [-0.4, -0.2) is 26.7 Å². The Kier molecular flexibility index (Phi) is 4.18. The van der Waals surface area contributed by atoms with Gasteiger partial charge in [0.05, 0.1) is 19.6 Å². The van der Waals surface area contributed by atoms with Crippen molar-refractivity contribution in [1.29, 1.82) is 0 Å². The van der Waals surface area contributed by atoms with Crippen LogP contribution in [0, 0.1) is 11.3 Å². The summed E-state index contributed by atoms with van der Waals surface area (Å²) < 4.78 is 10.3. The predicted molar refractivity (Wildman–Crippen MR) is 77.3 cm³/mol. The number of nitrogens with two attached hydrogens (primary N) is 2. The number of anilines is 1. The van der Waals surface area contributed by atoms with E-state index in [1.165, 1.54) is 7.11 Å². The summed E-state index contributed by atoms with van der Waals surface area (Å²) in [5.74, 6) is 0.764. The van der Waals surface area contributed by atoms with Crippen molar-refractivity contribution in [3.05, 3.63) is 23.8 Å². The van der Waals surface area contributed by atoms with Gasteiger partial charge in [0.1, 0.15) is 5.75 Å². The average Bonchev–Trinajstić information content (AvgIpc) is 3.29. The molecule has 0 spiro atoms. The van der Waals surface area contributed by atoms with Crippen molar-refractivity contribution in [2.75, 3.05) is 26.5 Å². The molecule has 20 heavy (non-hydrogen) atoms. The van der Waals surface area contributed by atoms with Gasteiger partial charge < -0.3 is 20.9 Å². The number of methoxy groups -OCH3 is 2. The molecule has 1 aliphatic carbocycles. The van der Waals surface area contributed by atoms with Gasteiger partial charge in [-0.25, -0.2) is 0 Å². The maximum atomic E-state index is 12.3. The molecule has 0 heterocycles. The van der Waals surface area contributed by atoms with Crippen LogP contribution in [0.25, 0.3) is 0 Å². The van der Waals surface area contributed by atoms with Crippen molar-refractivity contribution in [2.24, 2.45) is 17.1 Å². The standard InChI is InChI=1S/C15H22N2O3/c1-19-13-6-5-12(17)7-10(13)8-15(9-16,11-3-4-11)14(18)20-2/h5-7,11H,3-4,8-9,16-17H2,1-2H3. The fourth-order valence-electron chi connectivity index (χ4n) is 2.82. The molecule has 110 valence electrons. The number of benzene rings is 1. The first-order valence-corrected chi connectivity index (χ1v) is 6.78. The largest absolute Gasteiger partial charge is 0.496 e. The van der Waals surface area contributed by atoms with Crippen LogP contribution >= 0.6 is 0 Å². The van der Waals surface area contributed by atoms with Gasteiger partial charge in [0, 0.05) is 12.2 Å². The summed E-state index contributed by atoms with van der Waals surface area (Å²) in [6.45, 7) is 0.266. The van der Waals surface area contributed by atoms with Crippen LogP contribution in [0.15, 0.2) is 18.2 Å². The third-order valence-corrected chi connectivity index (χ3v) is 4.13. The number of esters is 1. The van der Waals surface area contributed by atoms with Crippen molar-refractivity contribution < 1.29 is 14.3 Å². The van der Waals surface area contributed by atoms with E-state index in [0.717, 1.165) is 24.2 Å². The molecule has 0 aromatic heterocycles. The van der Waals surface area contributed by atoms with E-state index in [1.807, 2.05) is 12.1 Å². The molecule has 1 unspecified atom stereocenters. The average molecular weight is 278 g/mol. The molecule has 4 N–H and O–H groups in total. The number of carbonyl (C=O) groups is 1. The van der Waals surface area contributed by atoms with Gasteiger partial charge >= 0.3 is 5.97 Å². The van der Waals surface area contributed by atoms with E-state index in [0.29, 0.717) is 12.1 Å². The van der Waals surface area contributed by atoms with Crippen LogP contribution in [0.2, 0.25) is 0 Å². The van der Waals surface area contributed by atoms with Crippen LogP contribution < -0.4 is 16.2 Å². The third-order valence-electron chi connectivity index (χ3n) is 4.13. The summed E-state index contributed by atoms with van der Waals surface area (Å²) in [5, 5.41) is 0. The minimum atomic E-state index is -0.671. The highest BCUT2D eigenvalue weighted by molar-refractivity contribution is 5.78. The molecule has 0 amide bonds. The van der Waals surface area contributed by atoms with E-state index in [4.69, 9.17) is 20.9 Å². The van der Waals surface area contributed by atoms with Crippen molar-refractivity contribution >= 4 is 11.7 Å². The van der Waals surface area contributed by atoms with Crippen LogP contribution in [0.3, 0.4) is 0 Å². The zero-order chi connectivity index (χ0) is 14.8. The minimum Gasteiger partial charge on any atom is -0.496 e. The van der Waals surface area contributed by atoms with E-state index in [1.54, 1.807) is 13.2 Å². The Morgan fingerprint density at radius 3 is 2.60 bits per heavy atom. The quantitative estimate of drug-likeness (QED) is 0.606. The van der Waals surface area contributed by atoms with Crippen molar-refractivity contribution in [2.45, 2.75) is 19.3 Å². The first-order chi connectivity index (χ1) is 9.57. The fourth-order valence-corrected chi connectivity index (χ4v) is 2.82. The van der Waals surface area contributed by atoms with Gasteiger partial charge in [0.15, 0.2) is 0 Å². The summed E-state index contributed by atoms with van der Waals surface area (Å²) in [6, 6.07) is 5.44. The van der Waals surface area contributed by atoms with Gasteiger partial charge in [0.25, 0.3) is 0 Å².